The van der Waals surface area contributed by atoms with Gasteiger partial charge in [-0.25, -0.2) is 0 Å². The van der Waals surface area contributed by atoms with Crippen LogP contribution in [0.25, 0.3) is 22.3 Å². The van der Waals surface area contributed by atoms with Crippen LogP contribution >= 0.6 is 0 Å². The van der Waals surface area contributed by atoms with Crippen molar-refractivity contribution in [1.29, 1.82) is 0 Å². The Bertz CT molecular complexity index is 2210. The van der Waals surface area contributed by atoms with E-state index in [1.54, 1.807) is 0 Å². The molecule has 1 heteroatoms. The van der Waals surface area contributed by atoms with Crippen molar-refractivity contribution in [3.05, 3.63) is 173 Å². The highest BCUT2D eigenvalue weighted by molar-refractivity contribution is 5.89. The molecule has 3 aliphatic rings. The molecule has 0 saturated heterocycles. The summed E-state index contributed by atoms with van der Waals surface area (Å²) in [5.41, 5.74) is 17.5. The zero-order valence-corrected chi connectivity index (χ0v) is 30.0. The Morgan fingerprint density at radius 3 is 1.54 bits per heavy atom. The third kappa shape index (κ3) is 4.66. The minimum atomic E-state index is -0.0695. The maximum Gasteiger partial charge on any atom is 0.0468 e. The van der Waals surface area contributed by atoms with Crippen molar-refractivity contribution in [3.63, 3.8) is 0 Å². The second-order valence-corrected chi connectivity index (χ2v) is 16.0. The Labute approximate surface area is 298 Å². The third-order valence-electron chi connectivity index (χ3n) is 12.6. The molecule has 0 N–H and O–H groups in total. The zero-order valence-electron chi connectivity index (χ0n) is 30.0. The average molecular weight is 650 g/mol. The Morgan fingerprint density at radius 1 is 0.380 bits per heavy atom. The standard InChI is InChI=1S/C49H47N/c1-47(2)44-21-13-11-19-40(44)42-32-37(27-29-45(42)47)50(38-26-28-41-39-18-10-12-20-43(39)48(3,4)46(41)33-38)36-24-22-35(23-25-36)49(30-14-5-6-15-31-49)34-16-8-7-9-17-34/h7-13,16-29,32-33H,5-6,14-15,30-31H2,1-4H3. The van der Waals surface area contributed by atoms with E-state index < -0.39 is 0 Å². The lowest BCUT2D eigenvalue weighted by atomic mass is 9.69. The highest BCUT2D eigenvalue weighted by Gasteiger charge is 2.38. The van der Waals surface area contributed by atoms with Crippen LogP contribution in [0, 0.1) is 0 Å². The van der Waals surface area contributed by atoms with Crippen LogP contribution in [0.3, 0.4) is 0 Å². The van der Waals surface area contributed by atoms with Gasteiger partial charge < -0.3 is 4.90 Å². The van der Waals surface area contributed by atoms with Gasteiger partial charge in [0.2, 0.25) is 0 Å². The molecule has 1 nitrogen and oxygen atoms in total. The molecule has 248 valence electrons. The van der Waals surface area contributed by atoms with Crippen molar-refractivity contribution in [1.82, 2.24) is 0 Å². The third-order valence-corrected chi connectivity index (χ3v) is 12.6. The molecule has 0 aliphatic heterocycles. The predicted octanol–water partition coefficient (Wildman–Crippen LogP) is 13.4. The molecule has 0 radical (unpaired) electrons. The molecule has 3 aliphatic carbocycles. The number of nitrogens with zero attached hydrogens (tertiary/aromatic N) is 1. The molecule has 0 bridgehead atoms. The van der Waals surface area contributed by atoms with Gasteiger partial charge in [0.1, 0.15) is 0 Å². The van der Waals surface area contributed by atoms with E-state index in [2.05, 4.69) is 172 Å². The van der Waals surface area contributed by atoms with Gasteiger partial charge in [0.25, 0.3) is 0 Å². The van der Waals surface area contributed by atoms with Gasteiger partial charge in [0, 0.05) is 33.3 Å². The van der Waals surface area contributed by atoms with E-state index >= 15 is 0 Å². The minimum Gasteiger partial charge on any atom is -0.310 e. The quantitative estimate of drug-likeness (QED) is 0.168. The SMILES string of the molecule is CC1(C)c2ccccc2-c2cc(N(c3ccc(C4(c5ccccc5)CCCCCC4)cc3)c3ccc4c(c3)C(C)(C)c3ccccc3-4)ccc21. The Balaban J connectivity index is 1.20. The molecular weight excluding hydrogens is 603 g/mol. The second kappa shape index (κ2) is 11.6. The number of hydrogen-bond donors (Lipinski definition) is 0. The zero-order chi connectivity index (χ0) is 34.1. The van der Waals surface area contributed by atoms with Crippen molar-refractivity contribution in [2.24, 2.45) is 0 Å². The van der Waals surface area contributed by atoms with Crippen molar-refractivity contribution in [3.8, 4) is 22.3 Å². The number of fused-ring (bicyclic) bond motifs is 6. The summed E-state index contributed by atoms with van der Waals surface area (Å²) < 4.78 is 0. The summed E-state index contributed by atoms with van der Waals surface area (Å²) in [6.07, 6.45) is 7.64. The summed E-state index contributed by atoms with van der Waals surface area (Å²) in [5, 5.41) is 0. The number of hydrogen-bond acceptors (Lipinski definition) is 1. The molecule has 0 aromatic heterocycles. The van der Waals surface area contributed by atoms with E-state index in [9.17, 15) is 0 Å². The maximum atomic E-state index is 2.50. The van der Waals surface area contributed by atoms with Gasteiger partial charge >= 0.3 is 0 Å². The van der Waals surface area contributed by atoms with Crippen molar-refractivity contribution >= 4 is 17.1 Å². The molecule has 1 saturated carbocycles. The fraction of sp³-hybridized carbons (Fsp3) is 0.265. The van der Waals surface area contributed by atoms with E-state index in [0.717, 1.165) is 0 Å². The van der Waals surface area contributed by atoms with E-state index in [0.29, 0.717) is 0 Å². The molecule has 50 heavy (non-hydrogen) atoms. The monoisotopic (exact) mass is 649 g/mol. The highest BCUT2D eigenvalue weighted by atomic mass is 15.1. The molecule has 0 heterocycles. The summed E-state index contributed by atoms with van der Waals surface area (Å²) in [6, 6.07) is 53.3. The molecule has 6 aromatic carbocycles. The summed E-state index contributed by atoms with van der Waals surface area (Å²) in [4.78, 5) is 2.50. The van der Waals surface area contributed by atoms with Gasteiger partial charge in [-0.15, -0.1) is 0 Å². The average Bonchev–Trinajstić information content (AvgIpc) is 3.35. The predicted molar refractivity (Wildman–Crippen MR) is 211 cm³/mol. The Morgan fingerprint density at radius 2 is 0.860 bits per heavy atom. The van der Waals surface area contributed by atoms with Gasteiger partial charge in [0.05, 0.1) is 0 Å². The number of rotatable bonds is 5. The smallest absolute Gasteiger partial charge is 0.0468 e. The van der Waals surface area contributed by atoms with Crippen molar-refractivity contribution in [2.45, 2.75) is 82.5 Å². The molecule has 6 aromatic rings. The molecular formula is C49H47N. The van der Waals surface area contributed by atoms with Crippen LogP contribution in [0.1, 0.15) is 99.6 Å². The first-order chi connectivity index (χ1) is 24.3. The lowest BCUT2D eigenvalue weighted by molar-refractivity contribution is 0.446. The normalized spacial score (nSPS) is 17.6. The van der Waals surface area contributed by atoms with Gasteiger partial charge in [-0.2, -0.15) is 0 Å². The van der Waals surface area contributed by atoms with E-state index in [4.69, 9.17) is 0 Å². The molecule has 0 atom stereocenters. The van der Waals surface area contributed by atoms with Crippen LogP contribution in [0.2, 0.25) is 0 Å². The lowest BCUT2D eigenvalue weighted by Gasteiger charge is -2.35. The molecule has 9 rings (SSSR count). The van der Waals surface area contributed by atoms with Crippen LogP contribution in [0.4, 0.5) is 17.1 Å². The first-order valence-corrected chi connectivity index (χ1v) is 18.7. The highest BCUT2D eigenvalue weighted by Crippen LogP contribution is 2.53. The molecule has 0 spiro atoms. The van der Waals surface area contributed by atoms with Crippen molar-refractivity contribution < 1.29 is 0 Å². The summed E-state index contributed by atoms with van der Waals surface area (Å²) in [7, 11) is 0. The van der Waals surface area contributed by atoms with Gasteiger partial charge in [-0.05, 0) is 105 Å². The fourth-order valence-electron chi connectivity index (χ4n) is 9.89. The van der Waals surface area contributed by atoms with E-state index in [1.807, 2.05) is 0 Å². The fourth-order valence-corrected chi connectivity index (χ4v) is 9.89. The summed E-state index contributed by atoms with van der Waals surface area (Å²) in [6.45, 7) is 9.49. The van der Waals surface area contributed by atoms with Crippen LogP contribution < -0.4 is 4.90 Å². The van der Waals surface area contributed by atoms with Crippen LogP contribution in [0.15, 0.2) is 140 Å². The first-order valence-electron chi connectivity index (χ1n) is 18.7. The van der Waals surface area contributed by atoms with Gasteiger partial charge in [-0.3, -0.25) is 0 Å². The Kier molecular flexibility index (Phi) is 7.22. The van der Waals surface area contributed by atoms with Crippen LogP contribution in [-0.4, -0.2) is 0 Å². The lowest BCUT2D eigenvalue weighted by Crippen LogP contribution is -2.27. The van der Waals surface area contributed by atoms with Gasteiger partial charge in [0.15, 0.2) is 0 Å². The topological polar surface area (TPSA) is 3.24 Å². The summed E-state index contributed by atoms with van der Waals surface area (Å²) in [5.74, 6) is 0. The van der Waals surface area contributed by atoms with Crippen molar-refractivity contribution in [2.75, 3.05) is 4.90 Å². The molecule has 1 fully saturated rings. The van der Waals surface area contributed by atoms with Crippen LogP contribution in [0.5, 0.6) is 0 Å². The number of anilines is 3. The molecule has 0 unspecified atom stereocenters. The van der Waals surface area contributed by atoms with Crippen LogP contribution in [-0.2, 0) is 16.2 Å². The first kappa shape index (κ1) is 31.1. The van der Waals surface area contributed by atoms with Gasteiger partial charge in [-0.1, -0.05) is 157 Å². The van der Waals surface area contributed by atoms with E-state index in [1.165, 1.54) is 111 Å². The maximum absolute atomic E-state index is 2.50. The Hall–Kier alpha value is -4.88. The summed E-state index contributed by atoms with van der Waals surface area (Å²) >= 11 is 0. The second-order valence-electron chi connectivity index (χ2n) is 16.0. The minimum absolute atomic E-state index is 0.0230. The van der Waals surface area contributed by atoms with E-state index in [-0.39, 0.29) is 16.2 Å². The largest absolute Gasteiger partial charge is 0.310 e. The molecule has 0 amide bonds. The number of benzene rings is 6.